The number of carbonyl (C=O) groups excluding carboxylic acids is 2. The van der Waals surface area contributed by atoms with E-state index in [1.165, 1.54) is 11.3 Å². The number of aromatic nitrogens is 3. The molecule has 0 unspecified atom stereocenters. The fourth-order valence-electron chi connectivity index (χ4n) is 2.65. The van der Waals surface area contributed by atoms with E-state index in [0.29, 0.717) is 5.56 Å². The second-order valence-electron chi connectivity index (χ2n) is 5.99. The Bertz CT molecular complexity index is 920. The zero-order valence-corrected chi connectivity index (χ0v) is 16.0. The first-order valence-electron chi connectivity index (χ1n) is 8.64. The second-order valence-corrected chi connectivity index (χ2v) is 6.91. The van der Waals surface area contributed by atoms with E-state index >= 15 is 0 Å². The molecule has 140 valence electrons. The molecule has 2 aromatic heterocycles. The molecule has 0 radical (unpaired) electrons. The topological polar surface area (TPSA) is 88.9 Å². The lowest BCUT2D eigenvalue weighted by molar-refractivity contribution is -0.121. The maximum Gasteiger partial charge on any atom is 0.251 e. The van der Waals surface area contributed by atoms with Crippen molar-refractivity contribution in [2.75, 3.05) is 7.05 Å². The van der Waals surface area contributed by atoms with Crippen molar-refractivity contribution >= 4 is 23.2 Å². The minimum Gasteiger partial charge on any atom is -0.358 e. The predicted octanol–water partition coefficient (Wildman–Crippen LogP) is 2.63. The average molecular weight is 383 g/mol. The van der Waals surface area contributed by atoms with Gasteiger partial charge in [-0.1, -0.05) is 19.1 Å². The summed E-state index contributed by atoms with van der Waals surface area (Å²) in [5, 5.41) is 12.6. The molecule has 0 aliphatic rings. The van der Waals surface area contributed by atoms with Crippen LogP contribution >= 0.6 is 11.3 Å². The minimum absolute atomic E-state index is 0.100. The molecule has 0 fully saturated rings. The Hall–Kier alpha value is -3.00. The zero-order chi connectivity index (χ0) is 19.2. The third kappa shape index (κ3) is 4.59. The third-order valence-corrected chi connectivity index (χ3v) is 5.03. The Morgan fingerprint density at radius 3 is 2.85 bits per heavy atom. The number of nitrogens with one attached hydrogen (secondary N) is 2. The Morgan fingerprint density at radius 2 is 2.15 bits per heavy atom. The fraction of sp³-hybridized carbons (Fsp3) is 0.263. The largest absolute Gasteiger partial charge is 0.358 e. The van der Waals surface area contributed by atoms with E-state index in [4.69, 9.17) is 0 Å². The lowest BCUT2D eigenvalue weighted by Gasteiger charge is -2.14. The van der Waals surface area contributed by atoms with Crippen molar-refractivity contribution in [2.24, 2.45) is 0 Å². The Kier molecular flexibility index (Phi) is 5.97. The number of amides is 2. The molecule has 0 aliphatic carbocycles. The number of benzene rings is 1. The van der Waals surface area contributed by atoms with Gasteiger partial charge in [-0.25, -0.2) is 4.98 Å². The highest BCUT2D eigenvalue weighted by Gasteiger charge is 2.16. The van der Waals surface area contributed by atoms with Crippen LogP contribution in [0.3, 0.4) is 0 Å². The highest BCUT2D eigenvalue weighted by atomic mass is 32.1. The van der Waals surface area contributed by atoms with Crippen LogP contribution < -0.4 is 10.6 Å². The third-order valence-electron chi connectivity index (χ3n) is 4.14. The summed E-state index contributed by atoms with van der Waals surface area (Å²) in [6.45, 7) is 2.17. The van der Waals surface area contributed by atoms with Crippen LogP contribution in [0.25, 0.3) is 11.1 Å². The summed E-state index contributed by atoms with van der Waals surface area (Å²) in [4.78, 5) is 28.4. The van der Waals surface area contributed by atoms with E-state index in [1.54, 1.807) is 36.4 Å². The van der Waals surface area contributed by atoms with Gasteiger partial charge in [-0.15, -0.1) is 11.3 Å². The van der Waals surface area contributed by atoms with Gasteiger partial charge in [0.05, 0.1) is 12.2 Å². The summed E-state index contributed by atoms with van der Waals surface area (Å²) in [6, 6.07) is 7.26. The molecule has 3 aromatic rings. The molecule has 1 atom stereocenters. The van der Waals surface area contributed by atoms with Crippen LogP contribution in [0.15, 0.2) is 48.2 Å². The van der Waals surface area contributed by atoms with Crippen LogP contribution in [-0.2, 0) is 11.3 Å². The van der Waals surface area contributed by atoms with Crippen molar-refractivity contribution in [1.29, 1.82) is 0 Å². The Morgan fingerprint density at radius 1 is 1.30 bits per heavy atom. The van der Waals surface area contributed by atoms with Crippen LogP contribution in [0.4, 0.5) is 0 Å². The molecule has 2 N–H and O–H groups in total. The van der Waals surface area contributed by atoms with Gasteiger partial charge in [0.25, 0.3) is 5.91 Å². The Labute approximate surface area is 161 Å². The predicted molar refractivity (Wildman–Crippen MR) is 104 cm³/mol. The molecule has 8 heteroatoms. The molecule has 2 amide bonds. The van der Waals surface area contributed by atoms with E-state index in [1.807, 2.05) is 30.5 Å². The summed E-state index contributed by atoms with van der Waals surface area (Å²) in [7, 11) is 1.59. The van der Waals surface area contributed by atoms with E-state index < -0.39 is 0 Å². The summed E-state index contributed by atoms with van der Waals surface area (Å²) >= 11 is 1.53. The number of likely N-dealkylation sites (N-methyl/N-ethyl adjacent to an activating group) is 1. The number of nitrogens with zero attached hydrogens (tertiary/aromatic N) is 3. The van der Waals surface area contributed by atoms with Gasteiger partial charge < -0.3 is 10.6 Å². The van der Waals surface area contributed by atoms with Gasteiger partial charge in [-0.2, -0.15) is 5.10 Å². The van der Waals surface area contributed by atoms with E-state index in [9.17, 15) is 9.59 Å². The van der Waals surface area contributed by atoms with Crippen LogP contribution in [0.1, 0.15) is 34.8 Å². The maximum atomic E-state index is 12.7. The van der Waals surface area contributed by atoms with Crippen molar-refractivity contribution in [3.8, 4) is 11.1 Å². The molecule has 3 rings (SSSR count). The van der Waals surface area contributed by atoms with Gasteiger partial charge in [0, 0.05) is 35.9 Å². The molecular formula is C19H21N5O2S. The fourth-order valence-corrected chi connectivity index (χ4v) is 3.42. The first kappa shape index (κ1) is 18.8. The van der Waals surface area contributed by atoms with Gasteiger partial charge in [0.2, 0.25) is 5.91 Å². The molecule has 2 heterocycles. The molecular weight excluding hydrogens is 362 g/mol. The van der Waals surface area contributed by atoms with Crippen LogP contribution in [0, 0.1) is 0 Å². The lowest BCUT2D eigenvalue weighted by atomic mass is 10.1. The summed E-state index contributed by atoms with van der Waals surface area (Å²) < 4.78 is 1.57. The molecule has 27 heavy (non-hydrogen) atoms. The summed E-state index contributed by atoms with van der Waals surface area (Å²) in [5.74, 6) is -0.262. The summed E-state index contributed by atoms with van der Waals surface area (Å²) in [6.07, 6.45) is 5.98. The number of carbonyl (C=O) groups is 2. The van der Waals surface area contributed by atoms with Crippen LogP contribution in [0.5, 0.6) is 0 Å². The van der Waals surface area contributed by atoms with Crippen LogP contribution in [0.2, 0.25) is 0 Å². The molecule has 0 bridgehead atoms. The van der Waals surface area contributed by atoms with Crippen LogP contribution in [-0.4, -0.2) is 33.6 Å². The Balaban J connectivity index is 1.75. The molecule has 7 nitrogen and oxygen atoms in total. The average Bonchev–Trinajstić information content (AvgIpc) is 3.38. The van der Waals surface area contributed by atoms with Crippen molar-refractivity contribution in [2.45, 2.75) is 25.9 Å². The van der Waals surface area contributed by atoms with Gasteiger partial charge in [-0.05, 0) is 24.1 Å². The number of thiazole rings is 1. The number of hydrogen-bond acceptors (Lipinski definition) is 5. The monoisotopic (exact) mass is 383 g/mol. The lowest BCUT2D eigenvalue weighted by Crippen LogP contribution is -2.28. The molecule has 1 aromatic carbocycles. The highest BCUT2D eigenvalue weighted by Crippen LogP contribution is 2.22. The molecule has 0 saturated carbocycles. The summed E-state index contributed by atoms with van der Waals surface area (Å²) in [5.41, 5.74) is 2.29. The molecule has 0 spiro atoms. The van der Waals surface area contributed by atoms with Crippen molar-refractivity contribution in [3.63, 3.8) is 0 Å². The van der Waals surface area contributed by atoms with Gasteiger partial charge in [0.1, 0.15) is 11.6 Å². The molecule has 0 saturated heterocycles. The first-order chi connectivity index (χ1) is 13.1. The normalized spacial score (nSPS) is 11.8. The van der Waals surface area contributed by atoms with E-state index in [2.05, 4.69) is 20.7 Å². The smallest absolute Gasteiger partial charge is 0.251 e. The van der Waals surface area contributed by atoms with Crippen molar-refractivity contribution < 1.29 is 9.59 Å². The SMILES string of the molecule is CC[C@H](NC(=O)c1cccc(-c2cnn(CC(=O)NC)c2)c1)c1nccs1. The van der Waals surface area contributed by atoms with Gasteiger partial charge in [0.15, 0.2) is 0 Å². The number of rotatable bonds is 7. The minimum atomic E-state index is -0.142. The standard InChI is InChI=1S/C19H21N5O2S/c1-3-16(19-21-7-8-27-19)23-18(26)14-6-4-5-13(9-14)15-10-22-24(11-15)12-17(25)20-2/h4-11,16H,3,12H2,1-2H3,(H,20,25)(H,23,26)/t16-/m0/s1. The van der Waals surface area contributed by atoms with Crippen molar-refractivity contribution in [3.05, 3.63) is 58.8 Å². The number of hydrogen-bond donors (Lipinski definition) is 2. The van der Waals surface area contributed by atoms with Crippen molar-refractivity contribution in [1.82, 2.24) is 25.4 Å². The van der Waals surface area contributed by atoms with E-state index in [-0.39, 0.29) is 24.4 Å². The zero-order valence-electron chi connectivity index (χ0n) is 15.2. The maximum absolute atomic E-state index is 12.7. The molecule has 0 aliphatic heterocycles. The van der Waals surface area contributed by atoms with E-state index in [0.717, 1.165) is 22.6 Å². The highest BCUT2D eigenvalue weighted by molar-refractivity contribution is 7.09. The quantitative estimate of drug-likeness (QED) is 0.656. The first-order valence-corrected chi connectivity index (χ1v) is 9.52. The second kappa shape index (κ2) is 8.59. The van der Waals surface area contributed by atoms with Gasteiger partial charge >= 0.3 is 0 Å². The van der Waals surface area contributed by atoms with Gasteiger partial charge in [-0.3, -0.25) is 14.3 Å².